The molecule has 4 rings (SSSR count). The Balaban J connectivity index is 1.49. The summed E-state index contributed by atoms with van der Waals surface area (Å²) >= 11 is 0. The number of rotatable bonds is 5. The van der Waals surface area contributed by atoms with Crippen molar-refractivity contribution in [2.45, 2.75) is 45.6 Å². The average molecular weight is 411 g/mol. The average Bonchev–Trinajstić information content (AvgIpc) is 3.23. The molecule has 0 aromatic heterocycles. The summed E-state index contributed by atoms with van der Waals surface area (Å²) in [6.07, 6.45) is 1.25. The van der Waals surface area contributed by atoms with E-state index in [1.165, 1.54) is 4.90 Å². The summed E-state index contributed by atoms with van der Waals surface area (Å²) < 4.78 is 5.26. The Morgan fingerprint density at radius 1 is 1.20 bits per heavy atom. The first-order valence-electron chi connectivity index (χ1n) is 9.91. The number of fused-ring (bicyclic) bond motifs is 3. The molecule has 9 heteroatoms. The summed E-state index contributed by atoms with van der Waals surface area (Å²) in [7, 11) is 1.59. The van der Waals surface area contributed by atoms with Gasteiger partial charge in [0, 0.05) is 25.0 Å². The van der Waals surface area contributed by atoms with Crippen LogP contribution in [0.4, 0.5) is 4.79 Å². The van der Waals surface area contributed by atoms with E-state index in [1.807, 2.05) is 62.2 Å². The maximum atomic E-state index is 13.2. The lowest BCUT2D eigenvalue weighted by Gasteiger charge is -2.39. The fraction of sp³-hybridized carbons (Fsp3) is 0.429. The third-order valence-corrected chi connectivity index (χ3v) is 5.48. The summed E-state index contributed by atoms with van der Waals surface area (Å²) in [4.78, 5) is 49.2. The van der Waals surface area contributed by atoms with Gasteiger partial charge in [0.2, 0.25) is 5.96 Å². The number of ether oxygens (including phenoxy) is 1. The van der Waals surface area contributed by atoms with Crippen LogP contribution in [0.1, 0.15) is 26.3 Å². The predicted molar refractivity (Wildman–Crippen MR) is 109 cm³/mol. The Kier molecular flexibility index (Phi) is 4.97. The summed E-state index contributed by atoms with van der Waals surface area (Å²) in [6.45, 7) is 5.69. The smallest absolute Gasteiger partial charge is 0.328 e. The van der Waals surface area contributed by atoms with E-state index in [9.17, 15) is 14.4 Å². The minimum atomic E-state index is -0.691. The normalized spacial score (nSPS) is 23.0. The molecule has 2 atom stereocenters. The van der Waals surface area contributed by atoms with Crippen LogP contribution in [0.3, 0.4) is 0 Å². The molecule has 1 aromatic rings. The highest BCUT2D eigenvalue weighted by atomic mass is 16.5. The molecule has 3 amide bonds. The topological polar surface area (TPSA) is 85.8 Å². The van der Waals surface area contributed by atoms with Crippen LogP contribution in [0, 0.1) is 0 Å². The van der Waals surface area contributed by atoms with E-state index in [4.69, 9.17) is 4.74 Å². The van der Waals surface area contributed by atoms with Gasteiger partial charge in [-0.15, -0.1) is 0 Å². The number of allylic oxidation sites excluding steroid dienone is 1. The first kappa shape index (κ1) is 19.9. The van der Waals surface area contributed by atoms with Crippen LogP contribution >= 0.6 is 0 Å². The second-order valence-electron chi connectivity index (χ2n) is 7.89. The highest BCUT2D eigenvalue weighted by Crippen LogP contribution is 2.34. The molecule has 1 fully saturated rings. The van der Waals surface area contributed by atoms with Crippen molar-refractivity contribution in [1.82, 2.24) is 19.6 Å². The molecule has 0 N–H and O–H groups in total. The van der Waals surface area contributed by atoms with Crippen LogP contribution in [0.2, 0.25) is 0 Å². The van der Waals surface area contributed by atoms with Crippen molar-refractivity contribution in [2.24, 2.45) is 4.99 Å². The van der Waals surface area contributed by atoms with Gasteiger partial charge in [-0.1, -0.05) is 30.3 Å². The Morgan fingerprint density at radius 2 is 1.90 bits per heavy atom. The van der Waals surface area contributed by atoms with Crippen LogP contribution in [-0.4, -0.2) is 75.3 Å². The van der Waals surface area contributed by atoms with E-state index in [-0.39, 0.29) is 12.6 Å². The number of aliphatic imine (C=N–C) groups is 1. The molecule has 2 unspecified atom stereocenters. The van der Waals surface area contributed by atoms with Gasteiger partial charge in [-0.2, -0.15) is 0 Å². The Morgan fingerprint density at radius 3 is 2.57 bits per heavy atom. The summed E-state index contributed by atoms with van der Waals surface area (Å²) in [5.74, 6) is -0.435. The van der Waals surface area contributed by atoms with Gasteiger partial charge in [-0.3, -0.25) is 14.5 Å². The number of guanidine groups is 1. The predicted octanol–water partition coefficient (Wildman–Crippen LogP) is 1.58. The number of nitrogens with zero attached hydrogens (tertiary/aromatic N) is 5. The number of hydrogen-bond donors (Lipinski definition) is 0. The molecule has 30 heavy (non-hydrogen) atoms. The number of hydrogen-bond acceptors (Lipinski definition) is 7. The molecule has 0 bridgehead atoms. The zero-order chi connectivity index (χ0) is 21.6. The number of amides is 3. The third-order valence-electron chi connectivity index (χ3n) is 5.48. The first-order chi connectivity index (χ1) is 14.3. The van der Waals surface area contributed by atoms with Crippen LogP contribution in [0.5, 0.6) is 0 Å². The summed E-state index contributed by atoms with van der Waals surface area (Å²) in [5.41, 5.74) is 1.81. The molecule has 158 valence electrons. The van der Waals surface area contributed by atoms with E-state index in [2.05, 4.69) is 4.99 Å². The zero-order valence-corrected chi connectivity index (χ0v) is 17.5. The number of likely N-dealkylation sites (N-methyl/N-ethyl adjacent to an activating group) is 1. The molecule has 3 heterocycles. The third kappa shape index (κ3) is 3.20. The highest BCUT2D eigenvalue weighted by molar-refractivity contribution is 6.06. The first-order valence-corrected chi connectivity index (χ1v) is 9.91. The second-order valence-corrected chi connectivity index (χ2v) is 7.89. The van der Waals surface area contributed by atoms with Crippen molar-refractivity contribution in [3.05, 3.63) is 47.8 Å². The van der Waals surface area contributed by atoms with Gasteiger partial charge in [0.1, 0.15) is 13.2 Å². The van der Waals surface area contributed by atoms with Gasteiger partial charge in [0.25, 0.3) is 5.91 Å². The fourth-order valence-corrected chi connectivity index (χ4v) is 4.07. The van der Waals surface area contributed by atoms with E-state index in [0.29, 0.717) is 5.96 Å². The molecule has 9 nitrogen and oxygen atoms in total. The quantitative estimate of drug-likeness (QED) is 0.684. The number of benzene rings is 1. The fourth-order valence-electron chi connectivity index (χ4n) is 4.07. The Bertz CT molecular complexity index is 942. The minimum absolute atomic E-state index is 0.0858. The number of carbonyl (C=O) groups excluding carboxylic acids is 3. The lowest BCUT2D eigenvalue weighted by Crippen LogP contribution is -2.65. The van der Waals surface area contributed by atoms with Gasteiger partial charge >= 0.3 is 12.0 Å². The Labute approximate surface area is 175 Å². The molecule has 3 aliphatic heterocycles. The standard InChI is InChI=1S/C21H25N5O4/c1-13(2)26-14(3)10-24-17-18(22-20(24)26)23(4)21(29)25(19(17)28)11-16(27)30-12-15-8-6-5-7-9-15/h5-10,13,17-18H,11-12H2,1-4H3. The summed E-state index contributed by atoms with van der Waals surface area (Å²) in [5, 5.41) is 0. The van der Waals surface area contributed by atoms with Crippen LogP contribution in [0.25, 0.3) is 0 Å². The van der Waals surface area contributed by atoms with Crippen LogP contribution < -0.4 is 0 Å². The number of esters is 1. The summed E-state index contributed by atoms with van der Waals surface area (Å²) in [6, 6.07) is 8.15. The monoisotopic (exact) mass is 411 g/mol. The van der Waals surface area contributed by atoms with E-state index >= 15 is 0 Å². The maximum Gasteiger partial charge on any atom is 0.328 e. The largest absolute Gasteiger partial charge is 0.459 e. The molecule has 1 aromatic carbocycles. The second kappa shape index (κ2) is 7.47. The lowest BCUT2D eigenvalue weighted by atomic mass is 10.1. The SMILES string of the molecule is CC1=CN2C(=NC3C2C(=O)N(CC(=O)OCc2ccccc2)C(=O)N3C)N1C(C)C. The Hall–Kier alpha value is -3.36. The van der Waals surface area contributed by atoms with Crippen molar-refractivity contribution in [3.63, 3.8) is 0 Å². The van der Waals surface area contributed by atoms with Crippen molar-refractivity contribution < 1.29 is 19.1 Å². The van der Waals surface area contributed by atoms with Gasteiger partial charge in [0.15, 0.2) is 12.2 Å². The molecule has 0 aliphatic carbocycles. The number of carbonyl (C=O) groups is 3. The molecule has 1 saturated heterocycles. The van der Waals surface area contributed by atoms with Gasteiger partial charge in [-0.25, -0.2) is 9.79 Å². The van der Waals surface area contributed by atoms with Crippen molar-refractivity contribution in [2.75, 3.05) is 13.6 Å². The van der Waals surface area contributed by atoms with E-state index in [0.717, 1.165) is 16.2 Å². The van der Waals surface area contributed by atoms with Crippen molar-refractivity contribution in [1.29, 1.82) is 0 Å². The minimum Gasteiger partial charge on any atom is -0.459 e. The number of urea groups is 1. The lowest BCUT2D eigenvalue weighted by molar-refractivity contribution is -0.151. The van der Waals surface area contributed by atoms with Gasteiger partial charge in [0.05, 0.1) is 0 Å². The molecular weight excluding hydrogens is 386 g/mol. The number of imide groups is 1. The maximum absolute atomic E-state index is 13.2. The molecule has 3 aliphatic rings. The molecular formula is C21H25N5O4. The van der Waals surface area contributed by atoms with E-state index in [1.54, 1.807) is 11.9 Å². The van der Waals surface area contributed by atoms with Crippen molar-refractivity contribution >= 4 is 23.9 Å². The molecule has 0 saturated carbocycles. The van der Waals surface area contributed by atoms with E-state index < -0.39 is 36.7 Å². The zero-order valence-electron chi connectivity index (χ0n) is 17.5. The van der Waals surface area contributed by atoms with Gasteiger partial charge < -0.3 is 19.4 Å². The molecule has 0 spiro atoms. The van der Waals surface area contributed by atoms with Gasteiger partial charge in [-0.05, 0) is 26.3 Å². The van der Waals surface area contributed by atoms with Crippen LogP contribution in [-0.2, 0) is 20.9 Å². The molecule has 0 radical (unpaired) electrons. The highest BCUT2D eigenvalue weighted by Gasteiger charge is 2.54. The van der Waals surface area contributed by atoms with Crippen molar-refractivity contribution in [3.8, 4) is 0 Å². The van der Waals surface area contributed by atoms with Crippen LogP contribution in [0.15, 0.2) is 47.2 Å².